The Morgan fingerprint density at radius 2 is 1.94 bits per heavy atom. The molecule has 3 N–H and O–H groups in total. The molecular formula is C34H29F3N6O3S. The molecule has 1 fully saturated rings. The van der Waals surface area contributed by atoms with Crippen LogP contribution in [0.3, 0.4) is 0 Å². The van der Waals surface area contributed by atoms with Crippen LogP contribution in [0.25, 0.3) is 54.9 Å². The highest BCUT2D eigenvalue weighted by Gasteiger charge is 2.33. The van der Waals surface area contributed by atoms with Crippen molar-refractivity contribution in [2.75, 3.05) is 0 Å². The number of nitrogens with one attached hydrogen (secondary N) is 2. The van der Waals surface area contributed by atoms with Gasteiger partial charge in [0.25, 0.3) is 0 Å². The number of nitrogens with zero attached hydrogens (tertiary/aromatic N) is 4. The third kappa shape index (κ3) is 5.34. The highest BCUT2D eigenvalue weighted by atomic mass is 32.1. The normalized spacial score (nSPS) is 16.7. The van der Waals surface area contributed by atoms with Crippen LogP contribution in [0.5, 0.6) is 5.75 Å². The second kappa shape index (κ2) is 11.7. The number of carbonyl (C=O) groups is 1. The molecular weight excluding hydrogens is 629 g/mol. The number of hydrogen-bond acceptors (Lipinski definition) is 7. The maximum atomic E-state index is 16.1. The van der Waals surface area contributed by atoms with Crippen LogP contribution in [0.1, 0.15) is 37.3 Å². The van der Waals surface area contributed by atoms with E-state index in [0.29, 0.717) is 27.7 Å². The van der Waals surface area contributed by atoms with E-state index in [0.717, 1.165) is 40.3 Å². The quantitative estimate of drug-likeness (QED) is 0.153. The number of amides is 1. The zero-order chi connectivity index (χ0) is 33.1. The van der Waals surface area contributed by atoms with E-state index in [1.807, 2.05) is 36.7 Å². The predicted octanol–water partition coefficient (Wildman–Crippen LogP) is 6.90. The van der Waals surface area contributed by atoms with Crippen LogP contribution in [-0.4, -0.2) is 48.0 Å². The summed E-state index contributed by atoms with van der Waals surface area (Å²) in [6, 6.07) is 8.52. The van der Waals surface area contributed by atoms with Crippen molar-refractivity contribution in [3.63, 3.8) is 0 Å². The van der Waals surface area contributed by atoms with E-state index < -0.39 is 41.6 Å². The highest BCUT2D eigenvalue weighted by molar-refractivity contribution is 7.17. The maximum absolute atomic E-state index is 16.1. The Bertz CT molecular complexity index is 2220. The monoisotopic (exact) mass is 658 g/mol. The first-order chi connectivity index (χ1) is 22.5. The maximum Gasteiger partial charge on any atom is 0.243 e. The fraction of sp³-hybridized carbons (Fsp3) is 0.235. The number of pyridine rings is 1. The van der Waals surface area contributed by atoms with Crippen molar-refractivity contribution in [2.45, 2.75) is 44.9 Å². The van der Waals surface area contributed by atoms with Gasteiger partial charge in [-0.1, -0.05) is 12.6 Å². The molecule has 0 saturated heterocycles. The molecule has 0 bridgehead atoms. The van der Waals surface area contributed by atoms with Crippen LogP contribution < -0.4 is 10.1 Å². The van der Waals surface area contributed by atoms with Gasteiger partial charge < -0.3 is 19.7 Å². The number of aromatic amines is 1. The van der Waals surface area contributed by atoms with E-state index in [2.05, 4.69) is 27.1 Å². The average Bonchev–Trinajstić information content (AvgIpc) is 3.73. The topological polar surface area (TPSA) is 118 Å². The van der Waals surface area contributed by atoms with Crippen molar-refractivity contribution in [3.05, 3.63) is 83.4 Å². The molecule has 4 aromatic heterocycles. The fourth-order valence-corrected chi connectivity index (χ4v) is 6.83. The van der Waals surface area contributed by atoms with Crippen LogP contribution in [0.4, 0.5) is 13.2 Å². The number of halogens is 3. The molecule has 240 valence electrons. The average molecular weight is 659 g/mol. The van der Waals surface area contributed by atoms with E-state index in [-0.39, 0.29) is 46.5 Å². The first-order valence-corrected chi connectivity index (χ1v) is 15.8. The number of thiophene rings is 1. The van der Waals surface area contributed by atoms with E-state index in [4.69, 9.17) is 9.72 Å². The van der Waals surface area contributed by atoms with Gasteiger partial charge in [-0.05, 0) is 38.1 Å². The van der Waals surface area contributed by atoms with Gasteiger partial charge >= 0.3 is 0 Å². The molecule has 9 nitrogen and oxygen atoms in total. The summed E-state index contributed by atoms with van der Waals surface area (Å²) in [6.07, 6.45) is 0.661. The van der Waals surface area contributed by atoms with Gasteiger partial charge in [-0.15, -0.1) is 11.3 Å². The zero-order valence-electron chi connectivity index (χ0n) is 25.6. The molecule has 2 aromatic carbocycles. The summed E-state index contributed by atoms with van der Waals surface area (Å²) < 4.78 is 55.2. The molecule has 13 heteroatoms. The lowest BCUT2D eigenvalue weighted by atomic mass is 9.91. The minimum Gasteiger partial charge on any atom is -0.489 e. The number of fused-ring (bicyclic) bond motifs is 2. The van der Waals surface area contributed by atoms with Crippen molar-refractivity contribution in [3.8, 4) is 39.5 Å². The molecule has 1 saturated carbocycles. The van der Waals surface area contributed by atoms with E-state index in [1.165, 1.54) is 5.38 Å². The van der Waals surface area contributed by atoms with E-state index >= 15 is 8.78 Å². The molecule has 7 rings (SSSR count). The number of carbonyl (C=O) groups excluding carboxylic acids is 1. The molecule has 1 atom stereocenters. The summed E-state index contributed by atoms with van der Waals surface area (Å²) in [5.41, 5.74) is 3.38. The van der Waals surface area contributed by atoms with Gasteiger partial charge in [0.1, 0.15) is 46.5 Å². The number of aromatic nitrogens is 5. The number of ether oxygens (including phenoxy) is 1. The van der Waals surface area contributed by atoms with Gasteiger partial charge in [0.05, 0.1) is 44.8 Å². The Balaban J connectivity index is 1.50. The lowest BCUT2D eigenvalue weighted by molar-refractivity contribution is -0.117. The molecule has 0 aliphatic heterocycles. The van der Waals surface area contributed by atoms with E-state index in [1.54, 1.807) is 13.0 Å². The van der Waals surface area contributed by atoms with Crippen molar-refractivity contribution in [2.24, 2.45) is 7.05 Å². The molecule has 0 unspecified atom stereocenters. The number of aliphatic hydroxyl groups excluding tert-OH is 1. The Morgan fingerprint density at radius 3 is 2.68 bits per heavy atom. The number of H-pyrrole nitrogens is 1. The Hall–Kier alpha value is -5.01. The Morgan fingerprint density at radius 1 is 1.15 bits per heavy atom. The summed E-state index contributed by atoms with van der Waals surface area (Å²) in [6.45, 7) is 7.12. The third-order valence-electron chi connectivity index (χ3n) is 8.53. The predicted molar refractivity (Wildman–Crippen MR) is 173 cm³/mol. The van der Waals surface area contributed by atoms with Crippen LogP contribution >= 0.6 is 11.3 Å². The smallest absolute Gasteiger partial charge is 0.243 e. The number of rotatable bonds is 8. The van der Waals surface area contributed by atoms with Crippen molar-refractivity contribution in [1.82, 2.24) is 30.0 Å². The third-order valence-corrected chi connectivity index (χ3v) is 9.49. The minimum atomic E-state index is -0.977. The molecule has 0 radical (unpaired) electrons. The first-order valence-electron chi connectivity index (χ1n) is 14.9. The second-order valence-electron chi connectivity index (χ2n) is 11.7. The van der Waals surface area contributed by atoms with Gasteiger partial charge in [0.2, 0.25) is 5.91 Å². The molecule has 1 aliphatic rings. The number of benzene rings is 2. The van der Waals surface area contributed by atoms with Gasteiger partial charge in [0.15, 0.2) is 0 Å². The number of imidazole rings is 1. The standard InChI is InChI=1S/C34H29F3N6O3S/c1-5-28(45)38-15(2)23-13-25(42-41-23)33-31(29-21(36)9-18(35)10-27(29)46-20-11-19(44)12-20)30-22(37)14-47-34(30)32(40-33)17-6-7-26-24(8-17)39-16(3)43(26)4/h5-10,13-15,19-20,44H,1,11-12H2,2-4H3,(H,38,45)(H,41,42)/t15-,19?,20?/m1/s1. The zero-order valence-corrected chi connectivity index (χ0v) is 26.4. The van der Waals surface area contributed by atoms with Crippen molar-refractivity contribution in [1.29, 1.82) is 0 Å². The summed E-state index contributed by atoms with van der Waals surface area (Å²) in [4.78, 5) is 21.7. The van der Waals surface area contributed by atoms with Crippen LogP contribution in [0.2, 0.25) is 0 Å². The number of aliphatic hydroxyl groups is 1. The largest absolute Gasteiger partial charge is 0.489 e. The van der Waals surface area contributed by atoms with Crippen molar-refractivity contribution < 1.29 is 27.8 Å². The molecule has 6 aromatic rings. The first kappa shape index (κ1) is 30.6. The Labute approximate surface area is 270 Å². The van der Waals surface area contributed by atoms with Gasteiger partial charge in [-0.3, -0.25) is 9.89 Å². The van der Waals surface area contributed by atoms with Gasteiger partial charge in [-0.2, -0.15) is 5.10 Å². The van der Waals surface area contributed by atoms with Crippen LogP contribution in [0, 0.1) is 24.4 Å². The number of hydrogen-bond donors (Lipinski definition) is 3. The summed E-state index contributed by atoms with van der Waals surface area (Å²) in [7, 11) is 1.91. The molecule has 4 heterocycles. The SMILES string of the molecule is C=CC(=O)N[C@H](C)c1cc(-c2nc(-c3ccc4c(c3)nc(C)n4C)c3scc(F)c3c2-c2c(F)cc(F)cc2OC2CC(O)C2)n[nH]1. The summed E-state index contributed by atoms with van der Waals surface area (Å²) >= 11 is 1.11. The van der Waals surface area contributed by atoms with E-state index in [9.17, 15) is 14.3 Å². The Kier molecular flexibility index (Phi) is 7.60. The van der Waals surface area contributed by atoms with Crippen LogP contribution in [-0.2, 0) is 11.8 Å². The molecule has 47 heavy (non-hydrogen) atoms. The highest BCUT2D eigenvalue weighted by Crippen LogP contribution is 2.48. The minimum absolute atomic E-state index is 0.0328. The van der Waals surface area contributed by atoms with Crippen LogP contribution in [0.15, 0.2) is 54.4 Å². The van der Waals surface area contributed by atoms with Gasteiger partial charge in [-0.25, -0.2) is 23.1 Å². The van der Waals surface area contributed by atoms with Crippen molar-refractivity contribution >= 4 is 38.4 Å². The fourth-order valence-electron chi connectivity index (χ4n) is 5.90. The number of aryl methyl sites for hydroxylation is 2. The molecule has 0 spiro atoms. The molecule has 1 aliphatic carbocycles. The lowest BCUT2D eigenvalue weighted by Gasteiger charge is -2.32. The second-order valence-corrected chi connectivity index (χ2v) is 12.5. The van der Waals surface area contributed by atoms with Gasteiger partial charge in [0, 0.05) is 53.9 Å². The lowest BCUT2D eigenvalue weighted by Crippen LogP contribution is -2.37. The summed E-state index contributed by atoms with van der Waals surface area (Å²) in [5, 5.41) is 21.3. The summed E-state index contributed by atoms with van der Waals surface area (Å²) in [5.74, 6) is -2.20. The molecule has 1 amide bonds.